The summed E-state index contributed by atoms with van der Waals surface area (Å²) in [5.41, 5.74) is 7.47. The fourth-order valence-electron chi connectivity index (χ4n) is 2.53. The van der Waals surface area contributed by atoms with E-state index in [1.165, 1.54) is 0 Å². The molecule has 1 aromatic heterocycles. The van der Waals surface area contributed by atoms with E-state index in [1.54, 1.807) is 0 Å². The van der Waals surface area contributed by atoms with Gasteiger partial charge < -0.3 is 15.7 Å². The first-order valence-electron chi connectivity index (χ1n) is 6.28. The van der Waals surface area contributed by atoms with E-state index in [9.17, 15) is 0 Å². The molecule has 0 spiro atoms. The first-order chi connectivity index (χ1) is 8.61. The number of aromatic nitrogens is 1. The summed E-state index contributed by atoms with van der Waals surface area (Å²) in [6.07, 6.45) is 3.04. The number of aliphatic hydroxyl groups is 1. The van der Waals surface area contributed by atoms with Crippen LogP contribution in [-0.2, 0) is 0 Å². The lowest BCUT2D eigenvalue weighted by Crippen LogP contribution is -2.31. The van der Waals surface area contributed by atoms with Crippen LogP contribution in [0.1, 0.15) is 30.5 Å². The number of aryl methyl sites for hydroxylation is 1. The lowest BCUT2D eigenvalue weighted by Gasteiger charge is -2.26. The molecular formula is C13H19N3OS. The van der Waals surface area contributed by atoms with Gasteiger partial charge in [0.2, 0.25) is 0 Å². The van der Waals surface area contributed by atoms with E-state index >= 15 is 0 Å². The topological polar surface area (TPSA) is 62.4 Å². The molecule has 1 saturated heterocycles. The Morgan fingerprint density at radius 3 is 3.06 bits per heavy atom. The van der Waals surface area contributed by atoms with Gasteiger partial charge in [-0.25, -0.2) is 4.98 Å². The Labute approximate surface area is 113 Å². The summed E-state index contributed by atoms with van der Waals surface area (Å²) in [7, 11) is 0. The first-order valence-corrected chi connectivity index (χ1v) is 6.68. The maximum Gasteiger partial charge on any atom is 0.129 e. The predicted molar refractivity (Wildman–Crippen MR) is 76.9 cm³/mol. The van der Waals surface area contributed by atoms with Crippen molar-refractivity contribution in [1.29, 1.82) is 0 Å². The molecule has 1 aromatic rings. The van der Waals surface area contributed by atoms with Crippen LogP contribution in [0.2, 0.25) is 0 Å². The summed E-state index contributed by atoms with van der Waals surface area (Å²) in [4.78, 5) is 7.22. The van der Waals surface area contributed by atoms with Crippen molar-refractivity contribution in [3.63, 3.8) is 0 Å². The van der Waals surface area contributed by atoms with Crippen LogP contribution in [-0.4, -0.2) is 34.3 Å². The Morgan fingerprint density at radius 1 is 1.61 bits per heavy atom. The second-order valence-electron chi connectivity index (χ2n) is 4.72. The molecule has 98 valence electrons. The molecule has 0 aliphatic carbocycles. The number of anilines is 1. The van der Waals surface area contributed by atoms with Gasteiger partial charge in [-0.05, 0) is 38.3 Å². The monoisotopic (exact) mass is 265 g/mol. The summed E-state index contributed by atoms with van der Waals surface area (Å²) in [6.45, 7) is 3.15. The predicted octanol–water partition coefficient (Wildman–Crippen LogP) is 1.38. The minimum atomic E-state index is 0.217. The molecular weight excluding hydrogens is 246 g/mol. The first kappa shape index (κ1) is 13.2. The number of hydrogen-bond acceptors (Lipinski definition) is 4. The summed E-state index contributed by atoms with van der Waals surface area (Å²) in [6, 6.07) is 4.23. The Bertz CT molecular complexity index is 450. The average Bonchev–Trinajstić information content (AvgIpc) is 2.77. The summed E-state index contributed by atoms with van der Waals surface area (Å²) in [5, 5.41) is 9.10. The second kappa shape index (κ2) is 5.63. The van der Waals surface area contributed by atoms with Crippen molar-refractivity contribution in [1.82, 2.24) is 4.98 Å². The third kappa shape index (κ3) is 2.79. The molecule has 2 rings (SSSR count). The van der Waals surface area contributed by atoms with Crippen LogP contribution in [0.3, 0.4) is 0 Å². The zero-order chi connectivity index (χ0) is 13.1. The Morgan fingerprint density at radius 2 is 2.39 bits per heavy atom. The van der Waals surface area contributed by atoms with Crippen LogP contribution in [0.15, 0.2) is 12.1 Å². The van der Waals surface area contributed by atoms with E-state index < -0.39 is 0 Å². The maximum atomic E-state index is 9.10. The van der Waals surface area contributed by atoms with Crippen LogP contribution >= 0.6 is 12.2 Å². The van der Waals surface area contributed by atoms with E-state index in [2.05, 4.69) is 9.88 Å². The van der Waals surface area contributed by atoms with Crippen LogP contribution in [0.25, 0.3) is 0 Å². The highest BCUT2D eigenvalue weighted by Gasteiger charge is 2.25. The van der Waals surface area contributed by atoms with Crippen LogP contribution < -0.4 is 10.6 Å². The highest BCUT2D eigenvalue weighted by atomic mass is 32.1. The van der Waals surface area contributed by atoms with Gasteiger partial charge in [0.05, 0.1) is 0 Å². The van der Waals surface area contributed by atoms with E-state index in [0.29, 0.717) is 11.0 Å². The SMILES string of the molecule is Cc1cc(C(N)=S)cc(N2CCCC2CCO)n1. The van der Waals surface area contributed by atoms with E-state index in [0.717, 1.165) is 42.9 Å². The van der Waals surface area contributed by atoms with Crippen molar-refractivity contribution in [2.24, 2.45) is 5.73 Å². The highest BCUT2D eigenvalue weighted by molar-refractivity contribution is 7.80. The number of thiocarbonyl (C=S) groups is 1. The largest absolute Gasteiger partial charge is 0.396 e. The van der Waals surface area contributed by atoms with Crippen LogP contribution in [0.4, 0.5) is 5.82 Å². The molecule has 1 fully saturated rings. The maximum absolute atomic E-state index is 9.10. The molecule has 3 N–H and O–H groups in total. The Balaban J connectivity index is 2.29. The van der Waals surface area contributed by atoms with Gasteiger partial charge in [-0.3, -0.25) is 0 Å². The van der Waals surface area contributed by atoms with E-state index in [4.69, 9.17) is 23.1 Å². The minimum Gasteiger partial charge on any atom is -0.396 e. The van der Waals surface area contributed by atoms with Crippen molar-refractivity contribution in [3.05, 3.63) is 23.4 Å². The molecule has 0 aromatic carbocycles. The van der Waals surface area contributed by atoms with Crippen molar-refractivity contribution in [3.8, 4) is 0 Å². The average molecular weight is 265 g/mol. The van der Waals surface area contributed by atoms with Crippen molar-refractivity contribution in [2.75, 3.05) is 18.1 Å². The highest BCUT2D eigenvalue weighted by Crippen LogP contribution is 2.26. The number of nitrogens with zero attached hydrogens (tertiary/aromatic N) is 2. The molecule has 4 nitrogen and oxygen atoms in total. The molecule has 1 aliphatic heterocycles. The van der Waals surface area contributed by atoms with Gasteiger partial charge in [0.15, 0.2) is 0 Å². The molecule has 1 atom stereocenters. The molecule has 0 saturated carbocycles. The molecule has 0 radical (unpaired) electrons. The number of hydrogen-bond donors (Lipinski definition) is 2. The summed E-state index contributed by atoms with van der Waals surface area (Å²) >= 11 is 5.03. The molecule has 18 heavy (non-hydrogen) atoms. The van der Waals surface area contributed by atoms with Gasteiger partial charge in [0.25, 0.3) is 0 Å². The van der Waals surface area contributed by atoms with Crippen LogP contribution in [0.5, 0.6) is 0 Å². The smallest absolute Gasteiger partial charge is 0.129 e. The standard InChI is InChI=1S/C13H19N3OS/c1-9-7-10(13(14)18)8-12(15-9)16-5-2-3-11(16)4-6-17/h7-8,11,17H,2-6H2,1H3,(H2,14,18). The molecule has 2 heterocycles. The fraction of sp³-hybridized carbons (Fsp3) is 0.538. The van der Waals surface area contributed by atoms with Gasteiger partial charge in [-0.2, -0.15) is 0 Å². The van der Waals surface area contributed by atoms with Gasteiger partial charge >= 0.3 is 0 Å². The molecule has 1 aliphatic rings. The number of pyridine rings is 1. The van der Waals surface area contributed by atoms with Crippen molar-refractivity contribution < 1.29 is 5.11 Å². The lowest BCUT2D eigenvalue weighted by molar-refractivity contribution is 0.275. The minimum absolute atomic E-state index is 0.217. The van der Waals surface area contributed by atoms with Crippen molar-refractivity contribution >= 4 is 23.0 Å². The quantitative estimate of drug-likeness (QED) is 0.805. The number of rotatable bonds is 4. The van der Waals surface area contributed by atoms with Gasteiger partial charge in [-0.15, -0.1) is 0 Å². The van der Waals surface area contributed by atoms with Gasteiger partial charge in [0.1, 0.15) is 10.8 Å². The fourth-order valence-corrected chi connectivity index (χ4v) is 2.64. The lowest BCUT2D eigenvalue weighted by atomic mass is 10.1. The number of aliphatic hydroxyl groups excluding tert-OH is 1. The summed E-state index contributed by atoms with van der Waals surface area (Å²) < 4.78 is 0. The van der Waals surface area contributed by atoms with Crippen LogP contribution in [0, 0.1) is 6.92 Å². The Kier molecular flexibility index (Phi) is 4.14. The van der Waals surface area contributed by atoms with Gasteiger partial charge in [0, 0.05) is 30.5 Å². The zero-order valence-corrected chi connectivity index (χ0v) is 11.4. The van der Waals surface area contributed by atoms with E-state index in [1.807, 2.05) is 19.1 Å². The molecule has 0 amide bonds. The third-order valence-corrected chi connectivity index (χ3v) is 3.59. The zero-order valence-electron chi connectivity index (χ0n) is 10.6. The molecule has 1 unspecified atom stereocenters. The van der Waals surface area contributed by atoms with Gasteiger partial charge in [-0.1, -0.05) is 12.2 Å². The van der Waals surface area contributed by atoms with Crippen molar-refractivity contribution in [2.45, 2.75) is 32.2 Å². The normalized spacial score (nSPS) is 19.2. The second-order valence-corrected chi connectivity index (χ2v) is 5.16. The molecule has 0 bridgehead atoms. The molecule has 5 heteroatoms. The number of nitrogens with two attached hydrogens (primary N) is 1. The summed E-state index contributed by atoms with van der Waals surface area (Å²) in [5.74, 6) is 0.925. The Hall–Kier alpha value is -1.20. The third-order valence-electron chi connectivity index (χ3n) is 3.36. The van der Waals surface area contributed by atoms with E-state index in [-0.39, 0.29) is 6.61 Å².